The monoisotopic (exact) mass is 438 g/mol. The second-order valence-corrected chi connectivity index (χ2v) is 8.53. The van der Waals surface area contributed by atoms with Crippen LogP contribution in [0.25, 0.3) is 0 Å². The molecule has 1 aliphatic heterocycles. The van der Waals surface area contributed by atoms with Gasteiger partial charge in [-0.3, -0.25) is 19.3 Å². The fraction of sp³-hybridized carbons (Fsp3) is 0.500. The summed E-state index contributed by atoms with van der Waals surface area (Å²) < 4.78 is 5.14. The van der Waals surface area contributed by atoms with E-state index in [-0.39, 0.29) is 29.4 Å². The first-order valence-corrected chi connectivity index (χ1v) is 11.3. The number of hydrogen-bond acceptors (Lipinski definition) is 6. The third-order valence-corrected chi connectivity index (χ3v) is 6.12. The highest BCUT2D eigenvalue weighted by molar-refractivity contribution is 7.98. The van der Waals surface area contributed by atoms with Gasteiger partial charge in [0.25, 0.3) is 5.91 Å². The molecule has 2 fully saturated rings. The number of thioether (sulfide) groups is 1. The second kappa shape index (κ2) is 9.63. The van der Waals surface area contributed by atoms with E-state index in [1.54, 1.807) is 30.5 Å². The summed E-state index contributed by atoms with van der Waals surface area (Å²) in [6, 6.07) is 5.57. The Morgan fingerprint density at radius 2 is 1.90 bits per heavy atom. The minimum Gasteiger partial charge on any atom is -0.454 e. The fourth-order valence-electron chi connectivity index (χ4n) is 3.90. The molecule has 1 aromatic carbocycles. The first-order valence-electron chi connectivity index (χ1n) is 9.50. The number of hydrogen-bond donors (Lipinski definition) is 1. The van der Waals surface area contributed by atoms with Crippen LogP contribution in [0.2, 0.25) is 5.02 Å². The molecule has 1 heterocycles. The van der Waals surface area contributed by atoms with E-state index in [1.165, 1.54) is 11.8 Å². The van der Waals surface area contributed by atoms with Gasteiger partial charge in [0.05, 0.1) is 11.8 Å². The average molecular weight is 439 g/mol. The predicted octanol–water partition coefficient (Wildman–Crippen LogP) is 2.73. The lowest BCUT2D eigenvalue weighted by Crippen LogP contribution is -2.48. The molecule has 1 saturated heterocycles. The quantitative estimate of drug-likeness (QED) is 0.519. The van der Waals surface area contributed by atoms with E-state index in [4.69, 9.17) is 16.3 Å². The minimum absolute atomic E-state index is 0.228. The zero-order chi connectivity index (χ0) is 21.0. The first kappa shape index (κ1) is 21.6. The van der Waals surface area contributed by atoms with E-state index in [9.17, 15) is 19.2 Å². The lowest BCUT2D eigenvalue weighted by molar-refractivity contribution is -0.158. The summed E-state index contributed by atoms with van der Waals surface area (Å²) in [5, 5.41) is 3.05. The van der Waals surface area contributed by atoms with Crippen LogP contribution in [0.3, 0.4) is 0 Å². The number of nitrogens with one attached hydrogen (secondary N) is 1. The SMILES string of the molecule is CSCC(C(=O)OCC(=O)Nc1cccc(Cl)c1)N1C(=O)C2CCCCC2C1=O. The van der Waals surface area contributed by atoms with Gasteiger partial charge in [-0.25, -0.2) is 4.79 Å². The number of fused-ring (bicyclic) bond motifs is 1. The molecule has 0 spiro atoms. The van der Waals surface area contributed by atoms with Gasteiger partial charge in [0.15, 0.2) is 6.61 Å². The van der Waals surface area contributed by atoms with E-state index in [2.05, 4.69) is 5.32 Å². The van der Waals surface area contributed by atoms with Crippen LogP contribution in [0.4, 0.5) is 5.69 Å². The van der Waals surface area contributed by atoms with Crippen molar-refractivity contribution in [2.75, 3.05) is 23.9 Å². The Morgan fingerprint density at radius 3 is 2.48 bits per heavy atom. The molecule has 3 amide bonds. The maximum atomic E-state index is 12.8. The van der Waals surface area contributed by atoms with Gasteiger partial charge in [-0.1, -0.05) is 30.5 Å². The molecule has 3 atom stereocenters. The molecule has 156 valence electrons. The number of benzene rings is 1. The van der Waals surface area contributed by atoms with E-state index in [0.717, 1.165) is 17.7 Å². The molecule has 3 unspecified atom stereocenters. The Hall–Kier alpha value is -2.06. The highest BCUT2D eigenvalue weighted by atomic mass is 35.5. The number of halogens is 1. The Balaban J connectivity index is 1.63. The van der Waals surface area contributed by atoms with Crippen LogP contribution in [0.15, 0.2) is 24.3 Å². The summed E-state index contributed by atoms with van der Waals surface area (Å²) in [5.41, 5.74) is 0.480. The van der Waals surface area contributed by atoms with Crippen molar-refractivity contribution in [2.24, 2.45) is 11.8 Å². The van der Waals surface area contributed by atoms with Crippen LogP contribution in [-0.4, -0.2) is 53.2 Å². The number of likely N-dealkylation sites (tertiary alicyclic amines) is 1. The number of ether oxygens (including phenoxy) is 1. The molecule has 1 N–H and O–H groups in total. The molecule has 1 aliphatic carbocycles. The van der Waals surface area contributed by atoms with Crippen LogP contribution < -0.4 is 5.32 Å². The number of esters is 1. The molecule has 0 radical (unpaired) electrons. The molecule has 3 rings (SSSR count). The van der Waals surface area contributed by atoms with Gasteiger partial charge < -0.3 is 10.1 Å². The van der Waals surface area contributed by atoms with Crippen LogP contribution in [0.5, 0.6) is 0 Å². The van der Waals surface area contributed by atoms with Gasteiger partial charge >= 0.3 is 5.97 Å². The number of nitrogens with zero attached hydrogens (tertiary/aromatic N) is 1. The van der Waals surface area contributed by atoms with Crippen molar-refractivity contribution >= 4 is 52.7 Å². The van der Waals surface area contributed by atoms with E-state index in [1.807, 2.05) is 0 Å². The van der Waals surface area contributed by atoms with Crippen LogP contribution >= 0.6 is 23.4 Å². The largest absolute Gasteiger partial charge is 0.454 e. The summed E-state index contributed by atoms with van der Waals surface area (Å²) in [6.45, 7) is -0.515. The van der Waals surface area contributed by atoms with Crippen molar-refractivity contribution in [1.82, 2.24) is 4.90 Å². The number of amides is 3. The molecule has 29 heavy (non-hydrogen) atoms. The molecular weight excluding hydrogens is 416 g/mol. The number of carbonyl (C=O) groups excluding carboxylic acids is 4. The van der Waals surface area contributed by atoms with Crippen molar-refractivity contribution in [1.29, 1.82) is 0 Å². The van der Waals surface area contributed by atoms with Crippen molar-refractivity contribution in [3.8, 4) is 0 Å². The first-order chi connectivity index (χ1) is 13.9. The van der Waals surface area contributed by atoms with Gasteiger partial charge in [0.1, 0.15) is 6.04 Å². The zero-order valence-electron chi connectivity index (χ0n) is 16.1. The highest BCUT2D eigenvalue weighted by Gasteiger charge is 2.52. The summed E-state index contributed by atoms with van der Waals surface area (Å²) in [6.07, 6.45) is 4.96. The highest BCUT2D eigenvalue weighted by Crippen LogP contribution is 2.39. The molecule has 1 saturated carbocycles. The Kier molecular flexibility index (Phi) is 7.18. The standard InChI is InChI=1S/C20H23ClN2O5S/c1-29-11-16(23-18(25)14-7-2-3-8-15(14)19(23)26)20(27)28-10-17(24)22-13-6-4-5-12(21)9-13/h4-6,9,14-16H,2-3,7-8,10-11H2,1H3,(H,22,24). The second-order valence-electron chi connectivity index (χ2n) is 7.18. The predicted molar refractivity (Wildman–Crippen MR) is 111 cm³/mol. The molecule has 7 nitrogen and oxygen atoms in total. The Labute approximate surface area is 178 Å². The number of anilines is 1. The van der Waals surface area contributed by atoms with E-state index < -0.39 is 24.5 Å². The lowest BCUT2D eigenvalue weighted by Gasteiger charge is -2.24. The third-order valence-electron chi connectivity index (χ3n) is 5.24. The number of rotatable bonds is 7. The normalized spacial score (nSPS) is 22.2. The Bertz CT molecular complexity index is 794. The molecular formula is C20H23ClN2O5S. The van der Waals surface area contributed by atoms with Crippen molar-refractivity contribution in [3.05, 3.63) is 29.3 Å². The number of imide groups is 1. The molecule has 9 heteroatoms. The van der Waals surface area contributed by atoms with Crippen LogP contribution in [0, 0.1) is 11.8 Å². The van der Waals surface area contributed by atoms with Crippen molar-refractivity contribution < 1.29 is 23.9 Å². The van der Waals surface area contributed by atoms with Gasteiger partial charge in [-0.05, 0) is 37.3 Å². The number of carbonyl (C=O) groups is 4. The van der Waals surface area contributed by atoms with Gasteiger partial charge in [-0.2, -0.15) is 11.8 Å². The summed E-state index contributed by atoms with van der Waals surface area (Å²) >= 11 is 7.21. The summed E-state index contributed by atoms with van der Waals surface area (Å²) in [7, 11) is 0. The smallest absolute Gasteiger partial charge is 0.330 e. The van der Waals surface area contributed by atoms with E-state index in [0.29, 0.717) is 23.6 Å². The Morgan fingerprint density at radius 1 is 1.24 bits per heavy atom. The van der Waals surface area contributed by atoms with Gasteiger partial charge in [-0.15, -0.1) is 0 Å². The summed E-state index contributed by atoms with van der Waals surface area (Å²) in [4.78, 5) is 51.4. The fourth-order valence-corrected chi connectivity index (χ4v) is 4.69. The lowest BCUT2D eigenvalue weighted by atomic mass is 9.81. The topological polar surface area (TPSA) is 92.8 Å². The molecule has 2 aliphatic rings. The van der Waals surface area contributed by atoms with Crippen LogP contribution in [-0.2, 0) is 23.9 Å². The molecule has 1 aromatic rings. The van der Waals surface area contributed by atoms with Gasteiger partial charge in [0, 0.05) is 16.5 Å². The molecule has 0 bridgehead atoms. The van der Waals surface area contributed by atoms with Gasteiger partial charge in [0.2, 0.25) is 11.8 Å². The summed E-state index contributed by atoms with van der Waals surface area (Å²) in [5.74, 6) is -2.31. The molecule has 0 aromatic heterocycles. The zero-order valence-corrected chi connectivity index (χ0v) is 17.6. The maximum Gasteiger partial charge on any atom is 0.330 e. The third kappa shape index (κ3) is 4.93. The van der Waals surface area contributed by atoms with Crippen molar-refractivity contribution in [2.45, 2.75) is 31.7 Å². The maximum absolute atomic E-state index is 12.8. The van der Waals surface area contributed by atoms with Crippen molar-refractivity contribution in [3.63, 3.8) is 0 Å². The van der Waals surface area contributed by atoms with E-state index >= 15 is 0 Å². The average Bonchev–Trinajstić information content (AvgIpc) is 2.95. The minimum atomic E-state index is -1.02. The van der Waals surface area contributed by atoms with Crippen LogP contribution in [0.1, 0.15) is 25.7 Å².